The van der Waals surface area contributed by atoms with Crippen molar-refractivity contribution in [2.45, 2.75) is 46.1 Å². The van der Waals surface area contributed by atoms with Crippen LogP contribution >= 0.6 is 22.6 Å². The molecule has 1 aliphatic rings. The minimum absolute atomic E-state index is 0.139. The van der Waals surface area contributed by atoms with Crippen LogP contribution < -0.4 is 11.2 Å². The van der Waals surface area contributed by atoms with Gasteiger partial charge < -0.3 is 8.98 Å². The Morgan fingerprint density at radius 3 is 2.48 bits per heavy atom. The van der Waals surface area contributed by atoms with Gasteiger partial charge in [0, 0.05) is 32.9 Å². The number of fused-ring (bicyclic) bond motifs is 1. The predicted octanol–water partition coefficient (Wildman–Crippen LogP) is 6.22. The van der Waals surface area contributed by atoms with Gasteiger partial charge in [-0.15, -0.1) is 0 Å². The molecule has 168 valence electrons. The van der Waals surface area contributed by atoms with Crippen LogP contribution in [0.5, 0.6) is 0 Å². The molecule has 4 nitrogen and oxygen atoms in total. The highest BCUT2D eigenvalue weighted by molar-refractivity contribution is 14.1. The Hall–Kier alpha value is -2.74. The number of rotatable bonds is 4. The van der Waals surface area contributed by atoms with Crippen molar-refractivity contribution in [1.82, 2.24) is 4.57 Å². The smallest absolute Gasteiger partial charge is 0.339 e. The largest absolute Gasteiger partial charge is 0.422 e. The van der Waals surface area contributed by atoms with E-state index in [1.54, 1.807) is 13.0 Å². The second-order valence-electron chi connectivity index (χ2n) is 8.79. The average Bonchev–Trinajstić information content (AvgIpc) is 3.59. The van der Waals surface area contributed by atoms with Crippen LogP contribution in [0.4, 0.5) is 4.39 Å². The minimum Gasteiger partial charge on any atom is -0.422 e. The number of aryl methyl sites for hydroxylation is 1. The van der Waals surface area contributed by atoms with Crippen molar-refractivity contribution in [1.29, 1.82) is 0 Å². The lowest BCUT2D eigenvalue weighted by molar-refractivity contribution is 0.549. The van der Waals surface area contributed by atoms with Gasteiger partial charge in [-0.3, -0.25) is 4.79 Å². The number of hydrogen-bond donors (Lipinski definition) is 0. The van der Waals surface area contributed by atoms with Crippen molar-refractivity contribution in [3.05, 3.63) is 101 Å². The fraction of sp³-hybridized carbons (Fsp3) is 0.259. The summed E-state index contributed by atoms with van der Waals surface area (Å²) in [6.45, 7) is 5.57. The summed E-state index contributed by atoms with van der Waals surface area (Å²) in [7, 11) is 0. The first-order chi connectivity index (χ1) is 15.8. The zero-order valence-corrected chi connectivity index (χ0v) is 20.8. The molecular formula is C27H23FINO3. The molecule has 0 unspecified atom stereocenters. The summed E-state index contributed by atoms with van der Waals surface area (Å²) in [6, 6.07) is 13.0. The maximum Gasteiger partial charge on any atom is 0.339 e. The quantitative estimate of drug-likeness (QED) is 0.281. The van der Waals surface area contributed by atoms with E-state index in [9.17, 15) is 14.0 Å². The number of aromatic nitrogens is 1. The number of hydrogen-bond acceptors (Lipinski definition) is 3. The van der Waals surface area contributed by atoms with Crippen LogP contribution in [0.15, 0.2) is 56.5 Å². The van der Waals surface area contributed by atoms with Crippen LogP contribution in [0.25, 0.3) is 22.1 Å². The molecule has 0 spiro atoms. The molecule has 0 amide bonds. The summed E-state index contributed by atoms with van der Waals surface area (Å²) in [5.41, 5.74) is 4.45. The molecule has 2 aromatic carbocycles. The standard InChI is InChI=1S/C27H23FINO3/c1-14-6-4-5-7-20(14)23-16(3)30(19-10-11-19)26(31)24-21(15(2)27(32)33-25(23)24)12-17-8-9-18(29)13-22(17)28/h4-9,13,19H,10-12H2,1-3H3. The van der Waals surface area contributed by atoms with Crippen molar-refractivity contribution in [3.63, 3.8) is 0 Å². The van der Waals surface area contributed by atoms with Gasteiger partial charge in [-0.25, -0.2) is 9.18 Å². The van der Waals surface area contributed by atoms with Gasteiger partial charge in [0.05, 0.1) is 5.39 Å². The molecule has 2 heterocycles. The van der Waals surface area contributed by atoms with Gasteiger partial charge in [0.15, 0.2) is 5.58 Å². The maximum atomic E-state index is 14.8. The molecule has 0 atom stereocenters. The monoisotopic (exact) mass is 555 g/mol. The van der Waals surface area contributed by atoms with Crippen LogP contribution in [0.2, 0.25) is 0 Å². The van der Waals surface area contributed by atoms with Crippen molar-refractivity contribution in [2.75, 3.05) is 0 Å². The van der Waals surface area contributed by atoms with Crippen LogP contribution in [0.1, 0.15) is 46.8 Å². The fourth-order valence-electron chi connectivity index (χ4n) is 4.65. The Labute approximate surface area is 204 Å². The molecule has 33 heavy (non-hydrogen) atoms. The van der Waals surface area contributed by atoms with E-state index in [2.05, 4.69) is 22.6 Å². The van der Waals surface area contributed by atoms with Crippen LogP contribution in [-0.4, -0.2) is 4.57 Å². The Morgan fingerprint density at radius 2 is 1.82 bits per heavy atom. The first-order valence-electron chi connectivity index (χ1n) is 11.0. The molecule has 1 fully saturated rings. The summed E-state index contributed by atoms with van der Waals surface area (Å²) < 4.78 is 23.2. The zero-order valence-electron chi connectivity index (χ0n) is 18.7. The molecule has 0 saturated heterocycles. The number of benzene rings is 2. The van der Waals surface area contributed by atoms with Gasteiger partial charge in [-0.2, -0.15) is 0 Å². The zero-order chi connectivity index (χ0) is 23.4. The number of halogens is 2. The minimum atomic E-state index is -0.499. The third kappa shape index (κ3) is 3.74. The van der Waals surface area contributed by atoms with Crippen molar-refractivity contribution < 1.29 is 8.81 Å². The molecule has 0 radical (unpaired) electrons. The molecule has 1 saturated carbocycles. The molecule has 0 bridgehead atoms. The lowest BCUT2D eigenvalue weighted by atomic mass is 9.93. The Bertz CT molecular complexity index is 1550. The molecular weight excluding hydrogens is 532 g/mol. The molecule has 5 rings (SSSR count). The summed E-state index contributed by atoms with van der Waals surface area (Å²) >= 11 is 2.06. The van der Waals surface area contributed by atoms with E-state index in [1.165, 1.54) is 6.07 Å². The van der Waals surface area contributed by atoms with Crippen LogP contribution in [0.3, 0.4) is 0 Å². The van der Waals surface area contributed by atoms with Crippen LogP contribution in [-0.2, 0) is 6.42 Å². The van der Waals surface area contributed by atoms with Crippen molar-refractivity contribution in [3.8, 4) is 11.1 Å². The van der Waals surface area contributed by atoms with E-state index in [0.717, 1.165) is 38.8 Å². The molecule has 0 aliphatic heterocycles. The Balaban J connectivity index is 1.91. The lowest BCUT2D eigenvalue weighted by Gasteiger charge is -2.19. The first kappa shape index (κ1) is 22.1. The van der Waals surface area contributed by atoms with Gasteiger partial charge in [0.1, 0.15) is 5.82 Å². The second-order valence-corrected chi connectivity index (χ2v) is 10.0. The summed E-state index contributed by atoms with van der Waals surface area (Å²) in [4.78, 5) is 26.8. The molecule has 4 aromatic rings. The topological polar surface area (TPSA) is 52.2 Å². The Kier molecular flexibility index (Phi) is 5.51. The highest BCUT2D eigenvalue weighted by Gasteiger charge is 2.31. The maximum absolute atomic E-state index is 14.8. The number of nitrogens with zero attached hydrogens (tertiary/aromatic N) is 1. The summed E-state index contributed by atoms with van der Waals surface area (Å²) in [5, 5.41) is 0.376. The van der Waals surface area contributed by atoms with E-state index in [4.69, 9.17) is 4.42 Å². The van der Waals surface area contributed by atoms with E-state index in [1.807, 2.05) is 48.7 Å². The van der Waals surface area contributed by atoms with E-state index >= 15 is 0 Å². The highest BCUT2D eigenvalue weighted by Crippen LogP contribution is 2.40. The third-order valence-corrected chi connectivity index (χ3v) is 7.25. The SMILES string of the molecule is Cc1ccccc1-c1c(C)n(C2CC2)c(=O)c2c(Cc3ccc(I)cc3F)c(C)c(=O)oc12. The van der Waals surface area contributed by atoms with E-state index < -0.39 is 5.63 Å². The number of pyridine rings is 1. The van der Waals surface area contributed by atoms with Crippen molar-refractivity contribution in [2.24, 2.45) is 0 Å². The predicted molar refractivity (Wildman–Crippen MR) is 137 cm³/mol. The Morgan fingerprint density at radius 1 is 1.09 bits per heavy atom. The molecule has 2 aromatic heterocycles. The highest BCUT2D eigenvalue weighted by atomic mass is 127. The van der Waals surface area contributed by atoms with Gasteiger partial charge in [-0.05, 0) is 90.6 Å². The second kappa shape index (κ2) is 8.24. The van der Waals surface area contributed by atoms with E-state index in [-0.39, 0.29) is 23.8 Å². The van der Waals surface area contributed by atoms with Gasteiger partial charge in [0.2, 0.25) is 0 Å². The van der Waals surface area contributed by atoms with Crippen molar-refractivity contribution >= 4 is 33.6 Å². The van der Waals surface area contributed by atoms with E-state index in [0.29, 0.717) is 27.7 Å². The summed E-state index contributed by atoms with van der Waals surface area (Å²) in [6.07, 6.45) is 2.03. The van der Waals surface area contributed by atoms with Gasteiger partial charge in [0.25, 0.3) is 5.56 Å². The summed E-state index contributed by atoms with van der Waals surface area (Å²) in [5.74, 6) is -0.351. The third-order valence-electron chi connectivity index (χ3n) is 6.57. The lowest BCUT2D eigenvalue weighted by Crippen LogP contribution is -2.25. The average molecular weight is 555 g/mol. The molecule has 6 heteroatoms. The van der Waals surface area contributed by atoms with Gasteiger partial charge >= 0.3 is 5.63 Å². The molecule has 0 N–H and O–H groups in total. The van der Waals surface area contributed by atoms with Gasteiger partial charge in [-0.1, -0.05) is 30.3 Å². The first-order valence-corrected chi connectivity index (χ1v) is 12.1. The fourth-order valence-corrected chi connectivity index (χ4v) is 5.10. The van der Waals surface area contributed by atoms with Crippen LogP contribution in [0, 0.1) is 30.2 Å². The molecule has 1 aliphatic carbocycles. The normalized spacial score (nSPS) is 13.6.